The lowest BCUT2D eigenvalue weighted by molar-refractivity contribution is -0.935. The highest BCUT2D eigenvalue weighted by atomic mass is 16.5. The summed E-state index contributed by atoms with van der Waals surface area (Å²) in [4.78, 5) is 22.8. The van der Waals surface area contributed by atoms with Gasteiger partial charge in [0.1, 0.15) is 6.04 Å². The molecule has 42 heavy (non-hydrogen) atoms. The van der Waals surface area contributed by atoms with E-state index < -0.39 is 5.97 Å². The number of carbonyl (C=O) groups excluding carboxylic acids is 2. The molecule has 0 aliphatic carbocycles. The highest BCUT2D eigenvalue weighted by molar-refractivity contribution is 5.69. The zero-order valence-electron chi connectivity index (χ0n) is 25.8. The lowest BCUT2D eigenvalue weighted by Crippen LogP contribution is -2.52. The van der Waals surface area contributed by atoms with Crippen molar-refractivity contribution in [3.8, 4) is 28.7 Å². The normalized spacial score (nSPS) is 17.6. The molecule has 10 heteroatoms. The number of hydrogen-bond acceptors (Lipinski definition) is 9. The number of ether oxygens (including phenoxy) is 6. The number of nitrogens with zero attached hydrogens (tertiary/aromatic N) is 1. The van der Waals surface area contributed by atoms with E-state index in [1.165, 1.54) is 5.56 Å². The van der Waals surface area contributed by atoms with Crippen LogP contribution in [0.15, 0.2) is 24.3 Å². The Hall–Kier alpha value is -3.66. The maximum absolute atomic E-state index is 12.3. The van der Waals surface area contributed by atoms with E-state index >= 15 is 0 Å². The Kier molecular flexibility index (Phi) is 12.2. The second kappa shape index (κ2) is 15.5. The average molecular weight is 588 g/mol. The molecule has 10 nitrogen and oxygen atoms in total. The molecular formula is C32H45NO9. The van der Waals surface area contributed by atoms with Crippen molar-refractivity contribution in [2.45, 2.75) is 57.4 Å². The Bertz CT molecular complexity index is 1190. The topological polar surface area (TPSA) is 113 Å². The molecule has 0 saturated carbocycles. The lowest BCUT2D eigenvalue weighted by atomic mass is 9.85. The third-order valence-electron chi connectivity index (χ3n) is 8.05. The first-order valence-electron chi connectivity index (χ1n) is 14.5. The fraction of sp³-hybridized carbons (Fsp3) is 0.562. The number of quaternary nitrogens is 1. The summed E-state index contributed by atoms with van der Waals surface area (Å²) in [5, 5.41) is 10.5. The first kappa shape index (κ1) is 32.8. The van der Waals surface area contributed by atoms with Gasteiger partial charge in [-0.3, -0.25) is 4.79 Å². The Morgan fingerprint density at radius 2 is 1.38 bits per heavy atom. The van der Waals surface area contributed by atoms with E-state index in [9.17, 15) is 14.7 Å². The van der Waals surface area contributed by atoms with Crippen LogP contribution >= 0.6 is 0 Å². The molecule has 0 bridgehead atoms. The summed E-state index contributed by atoms with van der Waals surface area (Å²) in [5.41, 5.74) is 3.33. The number of carboxylic acids is 1. The molecule has 0 spiro atoms. The molecule has 2 aromatic rings. The first-order chi connectivity index (χ1) is 20.2. The Labute approximate surface area is 249 Å². The van der Waals surface area contributed by atoms with Crippen LogP contribution in [0, 0.1) is 0 Å². The number of aliphatic carboxylic acids is 1. The van der Waals surface area contributed by atoms with E-state index in [4.69, 9.17) is 28.4 Å². The third kappa shape index (κ3) is 8.00. The Morgan fingerprint density at radius 3 is 1.95 bits per heavy atom. The molecule has 3 rings (SSSR count). The minimum Gasteiger partial charge on any atom is -0.550 e. The molecule has 0 N–H and O–H groups in total. The number of carboxylic acid groups (broad SMARTS) is 1. The summed E-state index contributed by atoms with van der Waals surface area (Å²) in [6.45, 7) is 1.97. The second-order valence-corrected chi connectivity index (χ2v) is 10.8. The maximum atomic E-state index is 12.3. The van der Waals surface area contributed by atoms with Crippen LogP contribution in [0.25, 0.3) is 0 Å². The number of likely N-dealkylation sites (N-methyl/N-ethyl adjacent to an activating group) is 1. The molecular weight excluding hydrogens is 542 g/mol. The maximum Gasteiger partial charge on any atom is 0.305 e. The van der Waals surface area contributed by atoms with Crippen molar-refractivity contribution >= 4 is 11.9 Å². The van der Waals surface area contributed by atoms with Gasteiger partial charge >= 0.3 is 5.97 Å². The summed E-state index contributed by atoms with van der Waals surface area (Å²) in [6.07, 6.45) is 4.75. The largest absolute Gasteiger partial charge is 0.550 e. The molecule has 2 aromatic carbocycles. The van der Waals surface area contributed by atoms with E-state index in [-0.39, 0.29) is 18.4 Å². The van der Waals surface area contributed by atoms with Gasteiger partial charge < -0.3 is 42.8 Å². The van der Waals surface area contributed by atoms with Crippen LogP contribution in [0.1, 0.15) is 67.7 Å². The minimum absolute atomic E-state index is 0.0589. The van der Waals surface area contributed by atoms with Gasteiger partial charge in [-0.15, -0.1) is 0 Å². The zero-order chi connectivity index (χ0) is 30.7. The van der Waals surface area contributed by atoms with Crippen molar-refractivity contribution in [2.24, 2.45) is 0 Å². The van der Waals surface area contributed by atoms with E-state index in [1.807, 2.05) is 12.1 Å². The smallest absolute Gasteiger partial charge is 0.305 e. The Morgan fingerprint density at radius 1 is 0.786 bits per heavy atom. The van der Waals surface area contributed by atoms with Crippen molar-refractivity contribution in [3.63, 3.8) is 0 Å². The Balaban J connectivity index is 1.80. The van der Waals surface area contributed by atoms with Gasteiger partial charge in [-0.05, 0) is 49.1 Å². The molecule has 2 atom stereocenters. The van der Waals surface area contributed by atoms with Crippen LogP contribution in [0.5, 0.6) is 28.7 Å². The monoisotopic (exact) mass is 587 g/mol. The van der Waals surface area contributed by atoms with Crippen molar-refractivity contribution in [1.82, 2.24) is 0 Å². The van der Waals surface area contributed by atoms with Crippen molar-refractivity contribution in [2.75, 3.05) is 62.3 Å². The van der Waals surface area contributed by atoms with Gasteiger partial charge in [-0.1, -0.05) is 12.8 Å². The lowest BCUT2D eigenvalue weighted by Gasteiger charge is -2.46. The van der Waals surface area contributed by atoms with Crippen molar-refractivity contribution < 1.29 is 47.6 Å². The van der Waals surface area contributed by atoms with E-state index in [1.54, 1.807) is 35.5 Å². The van der Waals surface area contributed by atoms with Crippen LogP contribution in [0.4, 0.5) is 0 Å². The van der Waals surface area contributed by atoms with Gasteiger partial charge in [-0.25, -0.2) is 0 Å². The van der Waals surface area contributed by atoms with Gasteiger partial charge in [0, 0.05) is 36.4 Å². The van der Waals surface area contributed by atoms with Gasteiger partial charge in [0.05, 0.1) is 62.3 Å². The molecule has 1 aliphatic rings. The van der Waals surface area contributed by atoms with Gasteiger partial charge in [0.2, 0.25) is 5.75 Å². The highest BCUT2D eigenvalue weighted by Crippen LogP contribution is 2.48. The zero-order valence-corrected chi connectivity index (χ0v) is 25.8. The summed E-state index contributed by atoms with van der Waals surface area (Å²) in [7, 11) is 10.3. The number of benzene rings is 2. The number of fused-ring (bicyclic) bond motifs is 1. The van der Waals surface area contributed by atoms with Gasteiger partial charge in [0.25, 0.3) is 0 Å². The summed E-state index contributed by atoms with van der Waals surface area (Å²) in [6, 6.07) is 8.04. The number of methoxy groups -OCH3 is 5. The summed E-state index contributed by atoms with van der Waals surface area (Å²) >= 11 is 0. The molecule has 1 aliphatic heterocycles. The molecule has 0 amide bonds. The standard InChI is InChI=1S/C32H45NO9/c1-33(15-11-17-42-30(36)13-10-8-7-9-12-29(34)35)16-14-22-18-25(37-2)26(38-3)21-24(22)31(33)23-19-27(39-4)32(41-6)28(20-23)40-5/h18-21,31H,7-17H2,1-6H3/t31-,33-/m0/s1. The third-order valence-corrected chi connectivity index (χ3v) is 8.05. The molecule has 0 fully saturated rings. The fourth-order valence-corrected chi connectivity index (χ4v) is 5.86. The van der Waals surface area contributed by atoms with Crippen molar-refractivity contribution in [1.29, 1.82) is 0 Å². The van der Waals surface area contributed by atoms with Crippen LogP contribution in [-0.4, -0.2) is 78.7 Å². The molecule has 0 aromatic heterocycles. The van der Waals surface area contributed by atoms with E-state index in [0.29, 0.717) is 65.5 Å². The second-order valence-electron chi connectivity index (χ2n) is 10.8. The quantitative estimate of drug-likeness (QED) is 0.155. The molecule has 0 radical (unpaired) electrons. The molecule has 1 heterocycles. The van der Waals surface area contributed by atoms with Crippen LogP contribution in [-0.2, 0) is 20.7 Å². The van der Waals surface area contributed by atoms with Crippen LogP contribution < -0.4 is 28.8 Å². The van der Waals surface area contributed by atoms with Crippen molar-refractivity contribution in [3.05, 3.63) is 41.0 Å². The number of rotatable bonds is 17. The fourth-order valence-electron chi connectivity index (χ4n) is 5.86. The average Bonchev–Trinajstić information content (AvgIpc) is 2.99. The number of carbonyl (C=O) groups is 2. The number of unbranched alkanes of at least 4 members (excludes halogenated alkanes) is 3. The molecule has 232 valence electrons. The van der Waals surface area contributed by atoms with Gasteiger partial charge in [0.15, 0.2) is 23.0 Å². The predicted octanol–water partition coefficient (Wildman–Crippen LogP) is 3.85. The summed E-state index contributed by atoms with van der Waals surface area (Å²) in [5.74, 6) is 1.80. The predicted molar refractivity (Wildman–Crippen MR) is 155 cm³/mol. The summed E-state index contributed by atoms with van der Waals surface area (Å²) < 4.78 is 34.5. The van der Waals surface area contributed by atoms with E-state index in [2.05, 4.69) is 19.2 Å². The number of esters is 1. The highest BCUT2D eigenvalue weighted by Gasteiger charge is 2.41. The molecule has 0 saturated heterocycles. The minimum atomic E-state index is -1.03. The molecule has 0 unspecified atom stereocenters. The van der Waals surface area contributed by atoms with E-state index in [0.717, 1.165) is 43.5 Å². The van der Waals surface area contributed by atoms with Crippen LogP contribution in [0.3, 0.4) is 0 Å². The van der Waals surface area contributed by atoms with Gasteiger partial charge in [-0.2, -0.15) is 0 Å². The first-order valence-corrected chi connectivity index (χ1v) is 14.5. The van der Waals surface area contributed by atoms with Crippen LogP contribution in [0.2, 0.25) is 0 Å². The number of hydrogen-bond donors (Lipinski definition) is 0. The SMILES string of the molecule is COc1cc2c(cc1OC)[C@H](c1cc(OC)c(OC)c(OC)c1)[N@@+](C)(CCCOC(=O)CCCCCCC(=O)[O-])CC2.